The summed E-state index contributed by atoms with van der Waals surface area (Å²) in [4.78, 5) is 0. The molecule has 110 valence electrons. The van der Waals surface area contributed by atoms with Crippen LogP contribution in [0.3, 0.4) is 0 Å². The second-order valence-electron chi connectivity index (χ2n) is 5.37. The molecular formula is C15H21NO4. The summed E-state index contributed by atoms with van der Waals surface area (Å²) in [7, 11) is 0. The maximum Gasteiger partial charge on any atom is 0.231 e. The Kier molecular flexibility index (Phi) is 4.28. The molecule has 1 fully saturated rings. The molecule has 0 radical (unpaired) electrons. The van der Waals surface area contributed by atoms with Gasteiger partial charge in [0.2, 0.25) is 6.79 Å². The molecule has 2 aliphatic rings. The Bertz CT molecular complexity index is 445. The molecule has 5 nitrogen and oxygen atoms in total. The Morgan fingerprint density at radius 2 is 2.05 bits per heavy atom. The van der Waals surface area contributed by atoms with Gasteiger partial charge in [0.1, 0.15) is 18.5 Å². The van der Waals surface area contributed by atoms with E-state index in [-0.39, 0.29) is 13.4 Å². The standard InChI is InChI=1S/C15H21NO4/c17-12(8-16-11-3-1-2-4-11)9-18-13-5-6-14-15(7-13)20-10-19-14/h5-7,11-12,16-17H,1-4,8-10H2/t12-/m1/s1. The van der Waals surface area contributed by atoms with Crippen LogP contribution < -0.4 is 19.5 Å². The number of rotatable bonds is 6. The van der Waals surface area contributed by atoms with Crippen molar-refractivity contribution < 1.29 is 19.3 Å². The summed E-state index contributed by atoms with van der Waals surface area (Å²) in [6.45, 7) is 1.11. The van der Waals surface area contributed by atoms with Crippen molar-refractivity contribution in [1.82, 2.24) is 5.32 Å². The molecular weight excluding hydrogens is 258 g/mol. The summed E-state index contributed by atoms with van der Waals surface area (Å²) in [6, 6.07) is 6.00. The fourth-order valence-corrected chi connectivity index (χ4v) is 2.65. The number of hydrogen-bond acceptors (Lipinski definition) is 5. The fraction of sp³-hybridized carbons (Fsp3) is 0.600. The Balaban J connectivity index is 1.41. The molecule has 1 aromatic carbocycles. The van der Waals surface area contributed by atoms with E-state index in [0.29, 0.717) is 24.1 Å². The van der Waals surface area contributed by atoms with Crippen LogP contribution in [0.2, 0.25) is 0 Å². The van der Waals surface area contributed by atoms with Gasteiger partial charge in [-0.15, -0.1) is 0 Å². The van der Waals surface area contributed by atoms with Crippen molar-refractivity contribution in [2.75, 3.05) is 19.9 Å². The zero-order valence-corrected chi connectivity index (χ0v) is 11.5. The van der Waals surface area contributed by atoms with E-state index in [1.807, 2.05) is 12.1 Å². The van der Waals surface area contributed by atoms with Crippen LogP contribution in [0.4, 0.5) is 0 Å². The van der Waals surface area contributed by atoms with E-state index in [1.165, 1.54) is 25.7 Å². The number of nitrogens with one attached hydrogen (secondary N) is 1. The second kappa shape index (κ2) is 6.33. The summed E-state index contributed by atoms with van der Waals surface area (Å²) in [5.74, 6) is 2.12. The third kappa shape index (κ3) is 3.35. The normalized spacial score (nSPS) is 19.2. The van der Waals surface area contributed by atoms with Gasteiger partial charge < -0.3 is 24.6 Å². The highest BCUT2D eigenvalue weighted by Crippen LogP contribution is 2.35. The van der Waals surface area contributed by atoms with Crippen LogP contribution in [0.25, 0.3) is 0 Å². The zero-order valence-electron chi connectivity index (χ0n) is 11.5. The molecule has 0 spiro atoms. The topological polar surface area (TPSA) is 60.0 Å². The summed E-state index contributed by atoms with van der Waals surface area (Å²) >= 11 is 0. The Hall–Kier alpha value is -1.46. The van der Waals surface area contributed by atoms with Gasteiger partial charge in [0.05, 0.1) is 0 Å². The maximum atomic E-state index is 9.92. The average Bonchev–Trinajstić information content (AvgIpc) is 3.13. The minimum absolute atomic E-state index is 0.257. The summed E-state index contributed by atoms with van der Waals surface area (Å²) in [6.07, 6.45) is 4.52. The Morgan fingerprint density at radius 1 is 1.25 bits per heavy atom. The highest BCUT2D eigenvalue weighted by Gasteiger charge is 2.17. The molecule has 1 atom stereocenters. The SMILES string of the molecule is O[C@H](CNC1CCCC1)COc1ccc2c(c1)OCO2. The first kappa shape index (κ1) is 13.5. The van der Waals surface area contributed by atoms with Crippen LogP contribution in [-0.2, 0) is 0 Å². The molecule has 5 heteroatoms. The molecule has 3 rings (SSSR count). The lowest BCUT2D eigenvalue weighted by Crippen LogP contribution is -2.36. The van der Waals surface area contributed by atoms with Gasteiger partial charge in [-0.1, -0.05) is 12.8 Å². The van der Waals surface area contributed by atoms with E-state index in [1.54, 1.807) is 6.07 Å². The number of hydrogen-bond donors (Lipinski definition) is 2. The first-order valence-corrected chi connectivity index (χ1v) is 7.25. The number of ether oxygens (including phenoxy) is 3. The number of aliphatic hydroxyl groups excluding tert-OH is 1. The molecule has 0 amide bonds. The van der Waals surface area contributed by atoms with E-state index in [9.17, 15) is 5.11 Å². The fourth-order valence-electron chi connectivity index (χ4n) is 2.65. The molecule has 0 aromatic heterocycles. The molecule has 1 aromatic rings. The van der Waals surface area contributed by atoms with Crippen LogP contribution in [0, 0.1) is 0 Å². The molecule has 1 aliphatic heterocycles. The highest BCUT2D eigenvalue weighted by atomic mass is 16.7. The predicted octanol–water partition coefficient (Wildman–Crippen LogP) is 1.69. The molecule has 2 N–H and O–H groups in total. The van der Waals surface area contributed by atoms with Gasteiger partial charge in [0, 0.05) is 18.7 Å². The second-order valence-corrected chi connectivity index (χ2v) is 5.37. The van der Waals surface area contributed by atoms with E-state index >= 15 is 0 Å². The molecule has 1 saturated carbocycles. The average molecular weight is 279 g/mol. The first-order valence-electron chi connectivity index (χ1n) is 7.25. The van der Waals surface area contributed by atoms with Gasteiger partial charge in [-0.3, -0.25) is 0 Å². The van der Waals surface area contributed by atoms with Crippen molar-refractivity contribution in [2.45, 2.75) is 37.8 Å². The molecule has 1 heterocycles. The van der Waals surface area contributed by atoms with Gasteiger partial charge in [-0.25, -0.2) is 0 Å². The number of benzene rings is 1. The molecule has 1 aliphatic carbocycles. The Labute approximate surface area is 118 Å². The van der Waals surface area contributed by atoms with Crippen LogP contribution in [0.15, 0.2) is 18.2 Å². The quantitative estimate of drug-likeness (QED) is 0.830. The zero-order chi connectivity index (χ0) is 13.8. The van der Waals surface area contributed by atoms with Gasteiger partial charge in [0.15, 0.2) is 11.5 Å². The molecule has 20 heavy (non-hydrogen) atoms. The van der Waals surface area contributed by atoms with Crippen molar-refractivity contribution in [3.8, 4) is 17.2 Å². The lowest BCUT2D eigenvalue weighted by molar-refractivity contribution is 0.103. The van der Waals surface area contributed by atoms with Crippen molar-refractivity contribution in [1.29, 1.82) is 0 Å². The maximum absolute atomic E-state index is 9.92. The van der Waals surface area contributed by atoms with E-state index in [4.69, 9.17) is 14.2 Å². The van der Waals surface area contributed by atoms with Gasteiger partial charge in [-0.05, 0) is 25.0 Å². The molecule has 0 bridgehead atoms. The monoisotopic (exact) mass is 279 g/mol. The van der Waals surface area contributed by atoms with E-state index < -0.39 is 6.10 Å². The summed E-state index contributed by atoms with van der Waals surface area (Å²) < 4.78 is 16.1. The lowest BCUT2D eigenvalue weighted by Gasteiger charge is -2.16. The van der Waals surface area contributed by atoms with E-state index in [2.05, 4.69) is 5.32 Å². The van der Waals surface area contributed by atoms with Crippen LogP contribution >= 0.6 is 0 Å². The Morgan fingerprint density at radius 3 is 2.90 bits per heavy atom. The van der Waals surface area contributed by atoms with Gasteiger partial charge in [-0.2, -0.15) is 0 Å². The largest absolute Gasteiger partial charge is 0.491 e. The van der Waals surface area contributed by atoms with Crippen LogP contribution in [0.5, 0.6) is 17.2 Å². The van der Waals surface area contributed by atoms with Crippen LogP contribution in [0.1, 0.15) is 25.7 Å². The highest BCUT2D eigenvalue weighted by molar-refractivity contribution is 5.46. The minimum atomic E-state index is -0.499. The van der Waals surface area contributed by atoms with Crippen molar-refractivity contribution in [3.05, 3.63) is 18.2 Å². The van der Waals surface area contributed by atoms with Crippen molar-refractivity contribution in [3.63, 3.8) is 0 Å². The summed E-state index contributed by atoms with van der Waals surface area (Å²) in [5.41, 5.74) is 0. The predicted molar refractivity (Wildman–Crippen MR) is 74.3 cm³/mol. The lowest BCUT2D eigenvalue weighted by atomic mass is 10.2. The third-order valence-corrected chi connectivity index (χ3v) is 3.78. The van der Waals surface area contributed by atoms with Gasteiger partial charge in [0.25, 0.3) is 0 Å². The van der Waals surface area contributed by atoms with Crippen molar-refractivity contribution >= 4 is 0 Å². The summed E-state index contributed by atoms with van der Waals surface area (Å²) in [5, 5.41) is 13.3. The first-order chi connectivity index (χ1) is 9.81. The number of aliphatic hydroxyl groups is 1. The minimum Gasteiger partial charge on any atom is -0.491 e. The van der Waals surface area contributed by atoms with E-state index in [0.717, 1.165) is 5.75 Å². The van der Waals surface area contributed by atoms with Crippen molar-refractivity contribution in [2.24, 2.45) is 0 Å². The smallest absolute Gasteiger partial charge is 0.231 e. The number of fused-ring (bicyclic) bond motifs is 1. The molecule has 0 unspecified atom stereocenters. The third-order valence-electron chi connectivity index (χ3n) is 3.78. The van der Waals surface area contributed by atoms with Gasteiger partial charge >= 0.3 is 0 Å². The molecule has 0 saturated heterocycles. The van der Waals surface area contributed by atoms with Crippen LogP contribution in [-0.4, -0.2) is 37.2 Å².